The summed E-state index contributed by atoms with van der Waals surface area (Å²) in [5.74, 6) is 1.13. The number of fused-ring (bicyclic) bond motifs is 3. The summed E-state index contributed by atoms with van der Waals surface area (Å²) >= 11 is 6.11. The maximum atomic E-state index is 12.8. The quantitative estimate of drug-likeness (QED) is 0.548. The van der Waals surface area contributed by atoms with Crippen molar-refractivity contribution in [2.75, 3.05) is 14.2 Å². The highest BCUT2D eigenvalue weighted by Gasteiger charge is 2.14. The largest absolute Gasteiger partial charge is 0.493 e. The van der Waals surface area contributed by atoms with Gasteiger partial charge in [0.15, 0.2) is 11.5 Å². The number of H-pyrrole nitrogens is 1. The van der Waals surface area contributed by atoms with Gasteiger partial charge in [-0.1, -0.05) is 29.8 Å². The van der Waals surface area contributed by atoms with E-state index in [4.69, 9.17) is 21.1 Å². The molecule has 7 nitrogen and oxygen atoms in total. The predicted molar refractivity (Wildman–Crippen MR) is 105 cm³/mol. The van der Waals surface area contributed by atoms with Crippen molar-refractivity contribution in [3.63, 3.8) is 0 Å². The molecule has 4 rings (SSSR count). The molecule has 0 aliphatic rings. The van der Waals surface area contributed by atoms with Crippen LogP contribution < -0.4 is 15.0 Å². The Labute approximate surface area is 158 Å². The first kappa shape index (κ1) is 17.1. The summed E-state index contributed by atoms with van der Waals surface area (Å²) in [5, 5.41) is 5.50. The Morgan fingerprint density at radius 3 is 2.67 bits per heavy atom. The fraction of sp³-hybridized carbons (Fsp3) is 0.105. The molecule has 2 aromatic carbocycles. The SMILES string of the molecule is COc1cc2[nH]c3c(=O)n(N=Cc4ccccc4Cl)cnc3c2cc1OC. The molecule has 0 radical (unpaired) electrons. The van der Waals surface area contributed by atoms with Crippen molar-refractivity contribution in [2.45, 2.75) is 0 Å². The van der Waals surface area contributed by atoms with E-state index < -0.39 is 0 Å². The van der Waals surface area contributed by atoms with E-state index in [1.807, 2.05) is 18.2 Å². The van der Waals surface area contributed by atoms with Crippen molar-refractivity contribution in [2.24, 2.45) is 5.10 Å². The molecule has 2 heterocycles. The molecule has 0 amide bonds. The monoisotopic (exact) mass is 382 g/mol. The first-order chi connectivity index (χ1) is 13.1. The Morgan fingerprint density at radius 2 is 1.93 bits per heavy atom. The topological polar surface area (TPSA) is 81.5 Å². The van der Waals surface area contributed by atoms with Crippen LogP contribution in [0.2, 0.25) is 5.02 Å². The number of methoxy groups -OCH3 is 2. The van der Waals surface area contributed by atoms with Crippen molar-refractivity contribution < 1.29 is 9.47 Å². The van der Waals surface area contributed by atoms with Crippen LogP contribution in [0, 0.1) is 0 Å². The molecule has 136 valence electrons. The van der Waals surface area contributed by atoms with Crippen LogP contribution in [0.15, 0.2) is 52.6 Å². The van der Waals surface area contributed by atoms with Gasteiger partial charge >= 0.3 is 0 Å². The van der Waals surface area contributed by atoms with E-state index in [0.717, 1.165) is 15.6 Å². The van der Waals surface area contributed by atoms with Gasteiger partial charge in [-0.2, -0.15) is 9.78 Å². The number of nitrogens with one attached hydrogen (secondary N) is 1. The fourth-order valence-corrected chi connectivity index (χ4v) is 3.05. The molecule has 0 saturated heterocycles. The minimum atomic E-state index is -0.322. The average Bonchev–Trinajstić information content (AvgIpc) is 3.06. The Morgan fingerprint density at radius 1 is 1.19 bits per heavy atom. The van der Waals surface area contributed by atoms with Crippen LogP contribution in [0.1, 0.15) is 5.56 Å². The molecule has 0 aliphatic carbocycles. The van der Waals surface area contributed by atoms with Crippen molar-refractivity contribution in [3.8, 4) is 11.5 Å². The summed E-state index contributed by atoms with van der Waals surface area (Å²) in [7, 11) is 3.11. The second-order valence-corrected chi connectivity index (χ2v) is 6.17. The summed E-state index contributed by atoms with van der Waals surface area (Å²) in [6, 6.07) is 10.8. The second kappa shape index (κ2) is 6.77. The van der Waals surface area contributed by atoms with Gasteiger partial charge in [-0.15, -0.1) is 0 Å². The van der Waals surface area contributed by atoms with Gasteiger partial charge in [0.25, 0.3) is 5.56 Å². The summed E-state index contributed by atoms with van der Waals surface area (Å²) in [6.45, 7) is 0. The molecular formula is C19H15ClN4O3. The van der Waals surface area contributed by atoms with E-state index in [0.29, 0.717) is 33.1 Å². The van der Waals surface area contributed by atoms with E-state index in [9.17, 15) is 4.79 Å². The average molecular weight is 383 g/mol. The maximum Gasteiger partial charge on any atom is 0.298 e. The third-order valence-electron chi connectivity index (χ3n) is 4.22. The van der Waals surface area contributed by atoms with Crippen LogP contribution in [0.4, 0.5) is 0 Å². The normalized spacial score (nSPS) is 11.5. The molecule has 0 aliphatic heterocycles. The highest BCUT2D eigenvalue weighted by molar-refractivity contribution is 6.33. The van der Waals surface area contributed by atoms with Gasteiger partial charge in [0.05, 0.1) is 26.0 Å². The smallest absolute Gasteiger partial charge is 0.298 e. The zero-order valence-corrected chi connectivity index (χ0v) is 15.3. The molecule has 8 heteroatoms. The number of ether oxygens (including phenoxy) is 2. The maximum absolute atomic E-state index is 12.8. The molecule has 0 bridgehead atoms. The number of benzene rings is 2. The van der Waals surface area contributed by atoms with Gasteiger partial charge < -0.3 is 14.5 Å². The van der Waals surface area contributed by atoms with Gasteiger partial charge in [-0.3, -0.25) is 4.79 Å². The molecule has 0 fully saturated rings. The number of aromatic nitrogens is 3. The molecule has 0 atom stereocenters. The highest BCUT2D eigenvalue weighted by atomic mass is 35.5. The lowest BCUT2D eigenvalue weighted by atomic mass is 10.2. The van der Waals surface area contributed by atoms with Crippen molar-refractivity contribution >= 4 is 39.8 Å². The Kier molecular flexibility index (Phi) is 4.29. The minimum absolute atomic E-state index is 0.322. The lowest BCUT2D eigenvalue weighted by Crippen LogP contribution is -2.17. The zero-order valence-electron chi connectivity index (χ0n) is 14.6. The summed E-state index contributed by atoms with van der Waals surface area (Å²) in [5.41, 5.74) is 1.99. The number of rotatable bonds is 4. The molecule has 0 unspecified atom stereocenters. The van der Waals surface area contributed by atoms with Gasteiger partial charge in [-0.05, 0) is 12.1 Å². The van der Waals surface area contributed by atoms with Crippen molar-refractivity contribution in [3.05, 3.63) is 63.7 Å². The summed E-state index contributed by atoms with van der Waals surface area (Å²) in [6.07, 6.45) is 2.90. The van der Waals surface area contributed by atoms with Gasteiger partial charge in [0.2, 0.25) is 0 Å². The standard InChI is InChI=1S/C19H15ClN4O3/c1-26-15-7-12-14(8-16(15)27-2)23-18-17(12)21-10-24(19(18)25)22-9-11-5-3-4-6-13(11)20/h3-10,23H,1-2H3. The molecular weight excluding hydrogens is 368 g/mol. The lowest BCUT2D eigenvalue weighted by molar-refractivity contribution is 0.356. The summed E-state index contributed by atoms with van der Waals surface area (Å²) < 4.78 is 11.8. The van der Waals surface area contributed by atoms with Gasteiger partial charge in [-0.25, -0.2) is 4.98 Å². The Balaban J connectivity index is 1.86. The van der Waals surface area contributed by atoms with Crippen molar-refractivity contribution in [1.82, 2.24) is 14.6 Å². The van der Waals surface area contributed by atoms with Crippen LogP contribution in [0.25, 0.3) is 21.9 Å². The molecule has 1 N–H and O–H groups in total. The van der Waals surface area contributed by atoms with Crippen LogP contribution >= 0.6 is 11.6 Å². The highest BCUT2D eigenvalue weighted by Crippen LogP contribution is 2.34. The van der Waals surface area contributed by atoms with E-state index in [2.05, 4.69) is 15.1 Å². The second-order valence-electron chi connectivity index (χ2n) is 5.76. The molecule has 4 aromatic rings. The number of halogens is 1. The number of aromatic amines is 1. The Hall–Kier alpha value is -3.32. The molecule has 0 spiro atoms. The van der Waals surface area contributed by atoms with Gasteiger partial charge in [0, 0.05) is 22.0 Å². The van der Waals surface area contributed by atoms with E-state index in [1.165, 1.54) is 12.5 Å². The van der Waals surface area contributed by atoms with Crippen LogP contribution in [-0.2, 0) is 0 Å². The lowest BCUT2D eigenvalue weighted by Gasteiger charge is -2.06. The van der Waals surface area contributed by atoms with Crippen molar-refractivity contribution in [1.29, 1.82) is 0 Å². The third-order valence-corrected chi connectivity index (χ3v) is 4.56. The molecule has 27 heavy (non-hydrogen) atoms. The Bertz CT molecular complexity index is 1240. The van der Waals surface area contributed by atoms with E-state index in [-0.39, 0.29) is 5.56 Å². The van der Waals surface area contributed by atoms with Crippen LogP contribution in [0.3, 0.4) is 0 Å². The predicted octanol–water partition coefficient (Wildman–Crippen LogP) is 3.43. The number of hydrogen-bond acceptors (Lipinski definition) is 5. The van der Waals surface area contributed by atoms with Gasteiger partial charge in [0.1, 0.15) is 17.4 Å². The van der Waals surface area contributed by atoms with E-state index >= 15 is 0 Å². The number of nitrogens with zero attached hydrogens (tertiary/aromatic N) is 3. The number of hydrogen-bond donors (Lipinski definition) is 1. The molecule has 2 aromatic heterocycles. The van der Waals surface area contributed by atoms with E-state index in [1.54, 1.807) is 32.4 Å². The first-order valence-corrected chi connectivity index (χ1v) is 8.44. The van der Waals surface area contributed by atoms with Crippen LogP contribution in [-0.4, -0.2) is 35.1 Å². The third kappa shape index (κ3) is 2.92. The minimum Gasteiger partial charge on any atom is -0.493 e. The molecule has 0 saturated carbocycles. The first-order valence-electron chi connectivity index (χ1n) is 8.06. The summed E-state index contributed by atoms with van der Waals surface area (Å²) in [4.78, 5) is 20.3. The zero-order chi connectivity index (χ0) is 19.0. The van der Waals surface area contributed by atoms with Crippen LogP contribution in [0.5, 0.6) is 11.5 Å². The fourth-order valence-electron chi connectivity index (χ4n) is 2.86.